The van der Waals surface area contributed by atoms with Crippen molar-refractivity contribution >= 4 is 17.4 Å². The molecule has 0 radical (unpaired) electrons. The van der Waals surface area contributed by atoms with Gasteiger partial charge in [-0.15, -0.1) is 5.10 Å². The smallest absolute Gasteiger partial charge is 0.293 e. The van der Waals surface area contributed by atoms with E-state index in [9.17, 15) is 4.79 Å². The second kappa shape index (κ2) is 7.51. The van der Waals surface area contributed by atoms with E-state index in [1.54, 1.807) is 25.4 Å². The normalized spacial score (nSPS) is 11.5. The van der Waals surface area contributed by atoms with Gasteiger partial charge in [0.05, 0.1) is 11.4 Å². The average molecular weight is 355 g/mol. The summed E-state index contributed by atoms with van der Waals surface area (Å²) >= 11 is 0. The zero-order valence-electron chi connectivity index (χ0n) is 14.2. The zero-order valence-corrected chi connectivity index (χ0v) is 14.2. The molecule has 0 atom stereocenters. The fourth-order valence-corrected chi connectivity index (χ4v) is 2.28. The first-order valence-corrected chi connectivity index (χ1v) is 7.89. The number of carbonyl (C=O) groups excluding carboxylic acids is 1. The van der Waals surface area contributed by atoms with Crippen LogP contribution in [0.15, 0.2) is 34.3 Å². The van der Waals surface area contributed by atoms with Crippen LogP contribution < -0.4 is 11.2 Å². The topological polar surface area (TPSA) is 150 Å². The second-order valence-electron chi connectivity index (χ2n) is 5.40. The van der Waals surface area contributed by atoms with Crippen molar-refractivity contribution in [2.45, 2.75) is 26.7 Å². The molecule has 0 saturated carbocycles. The van der Waals surface area contributed by atoms with Crippen LogP contribution in [0.25, 0.3) is 5.82 Å². The molecular formula is C15H17N9O2. The van der Waals surface area contributed by atoms with Crippen LogP contribution in [0, 0.1) is 0 Å². The average Bonchev–Trinajstić information content (AvgIpc) is 3.26. The van der Waals surface area contributed by atoms with Gasteiger partial charge in [-0.05, 0) is 29.7 Å². The number of pyridine rings is 1. The lowest BCUT2D eigenvalue weighted by molar-refractivity contribution is 0.0948. The Bertz CT molecular complexity index is 930. The van der Waals surface area contributed by atoms with Crippen molar-refractivity contribution in [3.63, 3.8) is 0 Å². The summed E-state index contributed by atoms with van der Waals surface area (Å²) < 4.78 is 5.94. The highest BCUT2D eigenvalue weighted by Gasteiger charge is 2.23. The van der Waals surface area contributed by atoms with Gasteiger partial charge in [0.1, 0.15) is 0 Å². The Hall–Kier alpha value is -3.63. The van der Waals surface area contributed by atoms with E-state index in [0.29, 0.717) is 17.8 Å². The number of nitrogens with two attached hydrogens (primary N) is 1. The number of nitrogens with zero attached hydrogens (tertiary/aromatic N) is 7. The fourth-order valence-electron chi connectivity index (χ4n) is 2.28. The molecular weight excluding hydrogens is 338 g/mol. The first-order valence-electron chi connectivity index (χ1n) is 7.89. The van der Waals surface area contributed by atoms with Crippen molar-refractivity contribution in [3.05, 3.63) is 41.5 Å². The number of anilines is 1. The lowest BCUT2D eigenvalue weighted by atomic mass is 10.2. The first-order chi connectivity index (χ1) is 12.6. The van der Waals surface area contributed by atoms with E-state index in [4.69, 9.17) is 5.73 Å². The molecule has 11 heteroatoms. The van der Waals surface area contributed by atoms with Crippen molar-refractivity contribution in [3.8, 4) is 5.82 Å². The van der Waals surface area contributed by atoms with E-state index in [-0.39, 0.29) is 17.3 Å². The van der Waals surface area contributed by atoms with Gasteiger partial charge in [-0.3, -0.25) is 9.78 Å². The van der Waals surface area contributed by atoms with Crippen LogP contribution in [0.1, 0.15) is 42.0 Å². The highest BCUT2D eigenvalue weighted by molar-refractivity contribution is 6.00. The number of nitrogen functional groups attached to an aromatic ring is 1. The highest BCUT2D eigenvalue weighted by Crippen LogP contribution is 2.17. The van der Waals surface area contributed by atoms with Gasteiger partial charge in [0.15, 0.2) is 5.69 Å². The van der Waals surface area contributed by atoms with Crippen molar-refractivity contribution in [1.82, 2.24) is 35.7 Å². The summed E-state index contributed by atoms with van der Waals surface area (Å²) in [5.41, 5.74) is 10.3. The number of aromatic nitrogens is 6. The molecule has 3 rings (SSSR count). The van der Waals surface area contributed by atoms with Crippen molar-refractivity contribution in [1.29, 1.82) is 0 Å². The van der Waals surface area contributed by atoms with E-state index < -0.39 is 5.91 Å². The molecule has 11 nitrogen and oxygen atoms in total. The summed E-state index contributed by atoms with van der Waals surface area (Å²) in [4.78, 5) is 16.5. The van der Waals surface area contributed by atoms with Gasteiger partial charge in [-0.2, -0.15) is 9.78 Å². The van der Waals surface area contributed by atoms with E-state index in [1.165, 1.54) is 4.68 Å². The predicted molar refractivity (Wildman–Crippen MR) is 91.5 cm³/mol. The van der Waals surface area contributed by atoms with Crippen LogP contribution in [0.2, 0.25) is 0 Å². The number of nitrogens with one attached hydrogen (secondary N) is 1. The van der Waals surface area contributed by atoms with Crippen LogP contribution in [0.3, 0.4) is 0 Å². The third kappa shape index (κ3) is 3.41. The quantitative estimate of drug-likeness (QED) is 0.485. The first kappa shape index (κ1) is 17.2. The van der Waals surface area contributed by atoms with Crippen LogP contribution >= 0.6 is 0 Å². The minimum Gasteiger partial charge on any atom is -0.378 e. The number of hydrazone groups is 1. The molecule has 0 aliphatic heterocycles. The third-order valence-electron chi connectivity index (χ3n) is 3.57. The fraction of sp³-hybridized carbons (Fsp3) is 0.267. The number of carbonyl (C=O) groups is 1. The number of amides is 1. The summed E-state index contributed by atoms with van der Waals surface area (Å²) in [5.74, 6) is -0.238. The summed E-state index contributed by atoms with van der Waals surface area (Å²) in [5, 5.41) is 19.2. The number of hydrogen-bond acceptors (Lipinski definition) is 9. The standard InChI is InChI=1S/C15H17N9O2/c1-3-5-11-12(19-23-24(11)14-13(16)21-26-22-14)15(25)20-18-9(2)10-6-4-7-17-8-10/h4,6-8H,3,5H2,1-2H3,(H2,16,21)(H,20,25)/b18-9+. The van der Waals surface area contributed by atoms with Crippen LogP contribution in [-0.2, 0) is 6.42 Å². The van der Waals surface area contributed by atoms with Crippen LogP contribution in [-0.4, -0.2) is 41.9 Å². The van der Waals surface area contributed by atoms with E-state index in [2.05, 4.69) is 40.8 Å². The van der Waals surface area contributed by atoms with Gasteiger partial charge in [0, 0.05) is 18.0 Å². The van der Waals surface area contributed by atoms with Crippen LogP contribution in [0.5, 0.6) is 0 Å². The zero-order chi connectivity index (χ0) is 18.5. The van der Waals surface area contributed by atoms with Crippen LogP contribution in [0.4, 0.5) is 5.82 Å². The Morgan fingerprint density at radius 1 is 1.42 bits per heavy atom. The maximum Gasteiger partial charge on any atom is 0.293 e. The van der Waals surface area contributed by atoms with Crippen molar-refractivity contribution in [2.24, 2.45) is 5.10 Å². The molecule has 3 aromatic rings. The molecule has 3 N–H and O–H groups in total. The van der Waals surface area contributed by atoms with E-state index >= 15 is 0 Å². The molecule has 0 saturated heterocycles. The van der Waals surface area contributed by atoms with Crippen molar-refractivity contribution in [2.75, 3.05) is 5.73 Å². The van der Waals surface area contributed by atoms with E-state index in [1.807, 2.05) is 13.0 Å². The lowest BCUT2D eigenvalue weighted by Gasteiger charge is -2.04. The Morgan fingerprint density at radius 2 is 2.27 bits per heavy atom. The number of rotatable bonds is 6. The summed E-state index contributed by atoms with van der Waals surface area (Å²) in [7, 11) is 0. The van der Waals surface area contributed by atoms with Gasteiger partial charge < -0.3 is 5.73 Å². The molecule has 0 fully saturated rings. The summed E-state index contributed by atoms with van der Waals surface area (Å²) in [6.07, 6.45) is 4.61. The third-order valence-corrected chi connectivity index (χ3v) is 3.57. The molecule has 3 heterocycles. The summed E-state index contributed by atoms with van der Waals surface area (Å²) in [6, 6.07) is 3.63. The van der Waals surface area contributed by atoms with Gasteiger partial charge in [0.25, 0.3) is 5.91 Å². The van der Waals surface area contributed by atoms with Gasteiger partial charge in [-0.1, -0.05) is 24.6 Å². The monoisotopic (exact) mass is 355 g/mol. The Morgan fingerprint density at radius 3 is 2.92 bits per heavy atom. The second-order valence-corrected chi connectivity index (χ2v) is 5.40. The predicted octanol–water partition coefficient (Wildman–Crippen LogP) is 0.734. The van der Waals surface area contributed by atoms with Gasteiger partial charge in [-0.25, -0.2) is 10.1 Å². The molecule has 0 aromatic carbocycles. The maximum atomic E-state index is 12.5. The highest BCUT2D eigenvalue weighted by atomic mass is 16.6. The maximum absolute atomic E-state index is 12.5. The molecule has 26 heavy (non-hydrogen) atoms. The molecule has 1 amide bonds. The molecule has 3 aromatic heterocycles. The summed E-state index contributed by atoms with van der Waals surface area (Å²) in [6.45, 7) is 3.73. The SMILES string of the molecule is CCCc1c(C(=O)N/N=C(\C)c2cccnc2)nnn1-c1nonc1N. The Labute approximate surface area is 148 Å². The molecule has 0 spiro atoms. The minimum atomic E-state index is -0.488. The molecule has 0 unspecified atom stereocenters. The Kier molecular flexibility index (Phi) is 4.97. The Balaban J connectivity index is 1.86. The van der Waals surface area contributed by atoms with Crippen molar-refractivity contribution < 1.29 is 9.42 Å². The minimum absolute atomic E-state index is 0.0599. The lowest BCUT2D eigenvalue weighted by Crippen LogP contribution is -2.21. The molecule has 0 aliphatic rings. The van der Waals surface area contributed by atoms with Gasteiger partial charge in [0.2, 0.25) is 11.6 Å². The molecule has 0 aliphatic carbocycles. The molecule has 134 valence electrons. The number of hydrogen-bond donors (Lipinski definition) is 2. The van der Waals surface area contributed by atoms with Gasteiger partial charge >= 0.3 is 0 Å². The largest absolute Gasteiger partial charge is 0.378 e. The van der Waals surface area contributed by atoms with E-state index in [0.717, 1.165) is 12.0 Å². The molecule has 0 bridgehead atoms.